The van der Waals surface area contributed by atoms with Crippen molar-refractivity contribution in [2.24, 2.45) is 5.92 Å². The van der Waals surface area contributed by atoms with Gasteiger partial charge in [0.1, 0.15) is 11.6 Å². The molecule has 1 aliphatic carbocycles. The molecule has 0 unspecified atom stereocenters. The van der Waals surface area contributed by atoms with Crippen LogP contribution in [0, 0.1) is 11.7 Å². The van der Waals surface area contributed by atoms with Crippen LogP contribution in [0.2, 0.25) is 0 Å². The predicted molar refractivity (Wildman–Crippen MR) is 92.5 cm³/mol. The van der Waals surface area contributed by atoms with Crippen LogP contribution in [0.5, 0.6) is 0 Å². The molecular formula is C19H21FN4O. The summed E-state index contributed by atoms with van der Waals surface area (Å²) in [4.78, 5) is 14.6. The van der Waals surface area contributed by atoms with Gasteiger partial charge in [0.15, 0.2) is 0 Å². The maximum Gasteiger partial charge on any atom is 0.226 e. The van der Waals surface area contributed by atoms with E-state index >= 15 is 0 Å². The third-order valence-corrected chi connectivity index (χ3v) is 5.12. The zero-order valence-electron chi connectivity index (χ0n) is 13.9. The highest BCUT2D eigenvalue weighted by atomic mass is 19.1. The van der Waals surface area contributed by atoms with Crippen molar-refractivity contribution in [1.82, 2.24) is 15.1 Å². The van der Waals surface area contributed by atoms with Crippen LogP contribution in [-0.2, 0) is 4.79 Å². The van der Waals surface area contributed by atoms with Crippen molar-refractivity contribution >= 4 is 11.7 Å². The Labute approximate surface area is 146 Å². The first-order chi connectivity index (χ1) is 12.2. The fourth-order valence-corrected chi connectivity index (χ4v) is 3.64. The summed E-state index contributed by atoms with van der Waals surface area (Å²) in [6.45, 7) is 1.51. The van der Waals surface area contributed by atoms with Gasteiger partial charge in [-0.05, 0) is 55.0 Å². The van der Waals surface area contributed by atoms with E-state index in [1.165, 1.54) is 6.07 Å². The Hall–Kier alpha value is -2.50. The first kappa shape index (κ1) is 16.0. The van der Waals surface area contributed by atoms with E-state index in [4.69, 9.17) is 0 Å². The maximum absolute atomic E-state index is 13.3. The summed E-state index contributed by atoms with van der Waals surface area (Å²) in [6, 6.07) is 10.7. The van der Waals surface area contributed by atoms with Crippen molar-refractivity contribution < 1.29 is 9.18 Å². The molecule has 0 spiro atoms. The summed E-state index contributed by atoms with van der Waals surface area (Å²) in [7, 11) is 0. The van der Waals surface area contributed by atoms with Crippen LogP contribution < -0.4 is 5.32 Å². The van der Waals surface area contributed by atoms with Crippen molar-refractivity contribution in [2.75, 3.05) is 18.4 Å². The number of rotatable bonds is 4. The molecule has 4 rings (SSSR count). The number of piperidine rings is 1. The van der Waals surface area contributed by atoms with E-state index in [0.29, 0.717) is 6.04 Å². The van der Waals surface area contributed by atoms with E-state index < -0.39 is 0 Å². The molecule has 1 aromatic heterocycles. The fraction of sp³-hybridized carbons (Fsp3) is 0.421. The molecule has 1 saturated heterocycles. The highest BCUT2D eigenvalue weighted by molar-refractivity contribution is 5.83. The molecule has 25 heavy (non-hydrogen) atoms. The third-order valence-electron chi connectivity index (χ3n) is 5.12. The molecule has 0 bridgehead atoms. The van der Waals surface area contributed by atoms with Crippen LogP contribution in [0.1, 0.15) is 30.7 Å². The molecule has 2 atom stereocenters. The number of hydrogen-bond acceptors (Lipinski definition) is 4. The second kappa shape index (κ2) is 6.78. The van der Waals surface area contributed by atoms with E-state index in [0.717, 1.165) is 43.7 Å². The summed E-state index contributed by atoms with van der Waals surface area (Å²) in [5.41, 5.74) is 0.942. The van der Waals surface area contributed by atoms with Gasteiger partial charge in [-0.15, -0.1) is 5.10 Å². The molecule has 1 N–H and O–H groups in total. The number of carbonyl (C=O) groups is 1. The smallest absolute Gasteiger partial charge is 0.226 e. The molecule has 5 nitrogen and oxygen atoms in total. The molecule has 6 heteroatoms. The zero-order valence-corrected chi connectivity index (χ0v) is 13.9. The van der Waals surface area contributed by atoms with Crippen LogP contribution >= 0.6 is 0 Å². The van der Waals surface area contributed by atoms with Crippen LogP contribution in [0.15, 0.2) is 42.6 Å². The second-order valence-electron chi connectivity index (χ2n) is 6.86. The summed E-state index contributed by atoms with van der Waals surface area (Å²) in [6.07, 6.45) is 4.29. The second-order valence-corrected chi connectivity index (χ2v) is 6.86. The highest BCUT2D eigenvalue weighted by Gasteiger charge is 2.46. The van der Waals surface area contributed by atoms with Gasteiger partial charge >= 0.3 is 0 Å². The first-order valence-electron chi connectivity index (χ1n) is 8.79. The zero-order chi connectivity index (χ0) is 17.2. The van der Waals surface area contributed by atoms with Crippen molar-refractivity contribution in [3.63, 3.8) is 0 Å². The van der Waals surface area contributed by atoms with Crippen molar-refractivity contribution in [2.45, 2.75) is 31.2 Å². The number of nitrogens with one attached hydrogen (secondary N) is 1. The molecule has 1 aromatic carbocycles. The van der Waals surface area contributed by atoms with Gasteiger partial charge in [0.25, 0.3) is 0 Å². The summed E-state index contributed by atoms with van der Waals surface area (Å²) >= 11 is 0. The number of nitrogens with zero attached hydrogens (tertiary/aromatic N) is 3. The number of halogens is 1. The number of carbonyl (C=O) groups excluding carboxylic acids is 1. The van der Waals surface area contributed by atoms with Gasteiger partial charge in [-0.1, -0.05) is 12.1 Å². The Bertz CT molecular complexity index is 746. The fourth-order valence-electron chi connectivity index (χ4n) is 3.64. The van der Waals surface area contributed by atoms with E-state index in [9.17, 15) is 9.18 Å². The molecule has 2 aromatic rings. The lowest BCUT2D eigenvalue weighted by atomic mass is 10.0. The Morgan fingerprint density at radius 1 is 1.20 bits per heavy atom. The molecule has 1 saturated carbocycles. The SMILES string of the molecule is O=C([C@H]1C[C@H]1c1cccc(F)c1)N1CCC(Nc2cccnn2)CC1. The Balaban J connectivity index is 1.29. The normalized spacial score (nSPS) is 23.3. The lowest BCUT2D eigenvalue weighted by Crippen LogP contribution is -2.43. The summed E-state index contributed by atoms with van der Waals surface area (Å²) in [5, 5.41) is 11.3. The number of hydrogen-bond donors (Lipinski definition) is 1. The number of anilines is 1. The first-order valence-corrected chi connectivity index (χ1v) is 8.79. The van der Waals surface area contributed by atoms with Crippen LogP contribution in [-0.4, -0.2) is 40.1 Å². The number of likely N-dealkylation sites (tertiary alicyclic amines) is 1. The minimum Gasteiger partial charge on any atom is -0.366 e. The molecule has 1 amide bonds. The van der Waals surface area contributed by atoms with E-state index in [2.05, 4.69) is 15.5 Å². The van der Waals surface area contributed by atoms with Crippen LogP contribution in [0.25, 0.3) is 0 Å². The predicted octanol–water partition coefficient (Wildman–Crippen LogP) is 2.82. The Morgan fingerprint density at radius 3 is 2.76 bits per heavy atom. The third kappa shape index (κ3) is 3.62. The Kier molecular flexibility index (Phi) is 4.34. The standard InChI is InChI=1S/C19H21FN4O/c20-14-4-1-3-13(11-14)16-12-17(16)19(25)24-9-6-15(7-10-24)22-18-5-2-8-21-23-18/h1-5,8,11,15-17H,6-7,9-10,12H2,(H,22,23)/t16-,17-/m0/s1. The quantitative estimate of drug-likeness (QED) is 0.930. The summed E-state index contributed by atoms with van der Waals surface area (Å²) < 4.78 is 13.3. The van der Waals surface area contributed by atoms with Gasteiger partial charge in [-0.2, -0.15) is 5.10 Å². The molecule has 2 aliphatic rings. The Morgan fingerprint density at radius 2 is 2.04 bits per heavy atom. The molecule has 0 radical (unpaired) electrons. The van der Waals surface area contributed by atoms with Gasteiger partial charge in [0.05, 0.1) is 0 Å². The lowest BCUT2D eigenvalue weighted by Gasteiger charge is -2.32. The average Bonchev–Trinajstić information content (AvgIpc) is 3.43. The van der Waals surface area contributed by atoms with Crippen molar-refractivity contribution in [3.05, 3.63) is 54.0 Å². The topological polar surface area (TPSA) is 58.1 Å². The van der Waals surface area contributed by atoms with Gasteiger partial charge in [0.2, 0.25) is 5.91 Å². The highest BCUT2D eigenvalue weighted by Crippen LogP contribution is 2.48. The van der Waals surface area contributed by atoms with E-state index in [1.807, 2.05) is 23.1 Å². The van der Waals surface area contributed by atoms with Gasteiger partial charge in [0, 0.05) is 31.2 Å². The van der Waals surface area contributed by atoms with E-state index in [-0.39, 0.29) is 23.6 Å². The average molecular weight is 340 g/mol. The monoisotopic (exact) mass is 340 g/mol. The summed E-state index contributed by atoms with van der Waals surface area (Å²) in [5.74, 6) is 0.962. The van der Waals surface area contributed by atoms with Gasteiger partial charge in [-0.3, -0.25) is 4.79 Å². The van der Waals surface area contributed by atoms with Crippen LogP contribution in [0.4, 0.5) is 10.2 Å². The molecule has 2 heterocycles. The van der Waals surface area contributed by atoms with Gasteiger partial charge < -0.3 is 10.2 Å². The maximum atomic E-state index is 13.3. The molecule has 1 aliphatic heterocycles. The minimum absolute atomic E-state index is 0.0197. The minimum atomic E-state index is -0.230. The van der Waals surface area contributed by atoms with E-state index in [1.54, 1.807) is 18.3 Å². The van der Waals surface area contributed by atoms with Gasteiger partial charge in [-0.25, -0.2) is 4.39 Å². The van der Waals surface area contributed by atoms with Crippen molar-refractivity contribution in [1.29, 1.82) is 0 Å². The number of aromatic nitrogens is 2. The number of benzene rings is 1. The molecule has 130 valence electrons. The lowest BCUT2D eigenvalue weighted by molar-refractivity contribution is -0.133. The molecular weight excluding hydrogens is 319 g/mol. The number of amides is 1. The van der Waals surface area contributed by atoms with Crippen molar-refractivity contribution in [3.8, 4) is 0 Å². The van der Waals surface area contributed by atoms with Crippen LogP contribution in [0.3, 0.4) is 0 Å². The molecule has 2 fully saturated rings. The largest absolute Gasteiger partial charge is 0.366 e.